The van der Waals surface area contributed by atoms with Gasteiger partial charge in [0.05, 0.1) is 17.5 Å². The molecule has 0 aliphatic rings. The maximum Gasteiger partial charge on any atom is 0.223 e. The first-order chi connectivity index (χ1) is 8.24. The van der Waals surface area contributed by atoms with Gasteiger partial charge in [0.2, 0.25) is 5.91 Å². The predicted octanol–water partition coefficient (Wildman–Crippen LogP) is 1.55. The molecular formula is C12H17BrN2O2. The maximum absolute atomic E-state index is 11.4. The minimum Gasteiger partial charge on any atom is -0.492 e. The number of likely N-dealkylation sites (N-methyl/N-ethyl adjacent to an activating group) is 1. The van der Waals surface area contributed by atoms with Crippen LogP contribution in [0, 0.1) is 0 Å². The van der Waals surface area contributed by atoms with Crippen LogP contribution in [0.2, 0.25) is 0 Å². The quantitative estimate of drug-likeness (QED) is 0.751. The lowest BCUT2D eigenvalue weighted by Crippen LogP contribution is -2.31. The molecule has 0 spiro atoms. The van der Waals surface area contributed by atoms with Crippen molar-refractivity contribution in [1.29, 1.82) is 0 Å². The number of amides is 1. The first-order valence-electron chi connectivity index (χ1n) is 5.52. The first kappa shape index (κ1) is 14.0. The number of hydrogen-bond donors (Lipinski definition) is 2. The molecule has 17 heavy (non-hydrogen) atoms. The normalized spacial score (nSPS) is 10.0. The van der Waals surface area contributed by atoms with Crippen LogP contribution in [0.25, 0.3) is 0 Å². The Morgan fingerprint density at radius 2 is 2.12 bits per heavy atom. The van der Waals surface area contributed by atoms with Gasteiger partial charge in [-0.3, -0.25) is 4.79 Å². The zero-order valence-electron chi connectivity index (χ0n) is 9.83. The number of para-hydroxylation sites is 1. The molecule has 0 radical (unpaired) electrons. The van der Waals surface area contributed by atoms with Crippen LogP contribution in [0.4, 0.5) is 0 Å². The molecule has 5 heteroatoms. The van der Waals surface area contributed by atoms with E-state index in [1.165, 1.54) is 0 Å². The monoisotopic (exact) mass is 300 g/mol. The van der Waals surface area contributed by atoms with E-state index < -0.39 is 0 Å². The second-order valence-corrected chi connectivity index (χ2v) is 4.34. The van der Waals surface area contributed by atoms with Gasteiger partial charge in [-0.25, -0.2) is 0 Å². The molecule has 0 aliphatic carbocycles. The Kier molecular flexibility index (Phi) is 6.65. The highest BCUT2D eigenvalue weighted by atomic mass is 79.9. The summed E-state index contributed by atoms with van der Waals surface area (Å²) in [5, 5.41) is 5.75. The van der Waals surface area contributed by atoms with Gasteiger partial charge >= 0.3 is 0 Å². The van der Waals surface area contributed by atoms with Gasteiger partial charge in [0.15, 0.2) is 0 Å². The van der Waals surface area contributed by atoms with Gasteiger partial charge in [-0.15, -0.1) is 0 Å². The summed E-state index contributed by atoms with van der Waals surface area (Å²) in [7, 11) is 1.85. The van der Waals surface area contributed by atoms with Crippen LogP contribution < -0.4 is 15.4 Å². The van der Waals surface area contributed by atoms with Crippen LogP contribution in [0.1, 0.15) is 6.42 Å². The van der Waals surface area contributed by atoms with Gasteiger partial charge < -0.3 is 15.4 Å². The molecule has 0 unspecified atom stereocenters. The van der Waals surface area contributed by atoms with E-state index in [1.54, 1.807) is 0 Å². The van der Waals surface area contributed by atoms with Gasteiger partial charge in [-0.05, 0) is 35.1 Å². The molecule has 1 aromatic carbocycles. The van der Waals surface area contributed by atoms with Crippen molar-refractivity contribution in [2.45, 2.75) is 6.42 Å². The molecule has 0 heterocycles. The zero-order valence-corrected chi connectivity index (χ0v) is 11.4. The Balaban J connectivity index is 2.19. The van der Waals surface area contributed by atoms with Crippen LogP contribution >= 0.6 is 15.9 Å². The van der Waals surface area contributed by atoms with E-state index in [4.69, 9.17) is 4.74 Å². The molecule has 0 saturated carbocycles. The highest BCUT2D eigenvalue weighted by molar-refractivity contribution is 9.10. The lowest BCUT2D eigenvalue weighted by atomic mass is 10.3. The number of halogens is 1. The summed E-state index contributed by atoms with van der Waals surface area (Å²) in [5.41, 5.74) is 0. The van der Waals surface area contributed by atoms with Crippen molar-refractivity contribution in [1.82, 2.24) is 10.6 Å². The van der Waals surface area contributed by atoms with Gasteiger partial charge in [0, 0.05) is 13.1 Å². The maximum atomic E-state index is 11.4. The van der Waals surface area contributed by atoms with E-state index in [1.807, 2.05) is 31.3 Å². The van der Waals surface area contributed by atoms with Crippen molar-refractivity contribution < 1.29 is 9.53 Å². The van der Waals surface area contributed by atoms with E-state index in [2.05, 4.69) is 26.6 Å². The molecule has 0 bridgehead atoms. The topological polar surface area (TPSA) is 50.4 Å². The van der Waals surface area contributed by atoms with E-state index in [-0.39, 0.29) is 5.91 Å². The lowest BCUT2D eigenvalue weighted by molar-refractivity contribution is -0.121. The Bertz CT molecular complexity index is 358. The van der Waals surface area contributed by atoms with Crippen molar-refractivity contribution in [3.8, 4) is 5.75 Å². The fraction of sp³-hybridized carbons (Fsp3) is 0.417. The summed E-state index contributed by atoms with van der Waals surface area (Å²) in [4.78, 5) is 11.4. The Hall–Kier alpha value is -1.07. The van der Waals surface area contributed by atoms with Crippen molar-refractivity contribution in [2.24, 2.45) is 0 Å². The van der Waals surface area contributed by atoms with Crippen LogP contribution in [0.3, 0.4) is 0 Å². The molecule has 0 aliphatic heterocycles. The number of carbonyl (C=O) groups is 1. The Labute approximate surface area is 110 Å². The molecule has 1 aromatic rings. The van der Waals surface area contributed by atoms with Crippen molar-refractivity contribution in [3.05, 3.63) is 28.7 Å². The summed E-state index contributed by atoms with van der Waals surface area (Å²) >= 11 is 3.38. The van der Waals surface area contributed by atoms with E-state index >= 15 is 0 Å². The largest absolute Gasteiger partial charge is 0.492 e. The van der Waals surface area contributed by atoms with Crippen LogP contribution in [-0.2, 0) is 4.79 Å². The Morgan fingerprint density at radius 1 is 1.35 bits per heavy atom. The van der Waals surface area contributed by atoms with Crippen LogP contribution in [0.5, 0.6) is 5.75 Å². The Morgan fingerprint density at radius 3 is 2.82 bits per heavy atom. The smallest absolute Gasteiger partial charge is 0.223 e. The molecule has 1 rings (SSSR count). The molecule has 1 amide bonds. The van der Waals surface area contributed by atoms with Crippen molar-refractivity contribution in [3.63, 3.8) is 0 Å². The zero-order chi connectivity index (χ0) is 12.5. The summed E-state index contributed by atoms with van der Waals surface area (Å²) in [6.45, 7) is 1.80. The first-order valence-corrected chi connectivity index (χ1v) is 6.32. The molecule has 2 N–H and O–H groups in total. The minimum atomic E-state index is 0.00676. The number of rotatable bonds is 7. The highest BCUT2D eigenvalue weighted by Gasteiger charge is 2.02. The third kappa shape index (κ3) is 5.70. The molecule has 0 atom stereocenters. The third-order valence-electron chi connectivity index (χ3n) is 2.12. The fourth-order valence-corrected chi connectivity index (χ4v) is 1.63. The van der Waals surface area contributed by atoms with Gasteiger partial charge in [-0.1, -0.05) is 12.1 Å². The summed E-state index contributed by atoms with van der Waals surface area (Å²) in [6.07, 6.45) is 0.366. The average molecular weight is 301 g/mol. The average Bonchev–Trinajstić information content (AvgIpc) is 2.32. The SMILES string of the molecule is CNCCNC(=O)CCOc1ccccc1Br. The standard InChI is InChI=1S/C12H17BrN2O2/c1-14-7-8-15-12(16)6-9-17-11-5-3-2-4-10(11)13/h2-5,14H,6-9H2,1H3,(H,15,16). The molecular weight excluding hydrogens is 284 g/mol. The number of hydrogen-bond acceptors (Lipinski definition) is 3. The second-order valence-electron chi connectivity index (χ2n) is 3.48. The van der Waals surface area contributed by atoms with E-state index in [0.29, 0.717) is 19.6 Å². The van der Waals surface area contributed by atoms with Crippen LogP contribution in [-0.4, -0.2) is 32.7 Å². The van der Waals surface area contributed by atoms with Crippen molar-refractivity contribution >= 4 is 21.8 Å². The second kappa shape index (κ2) is 8.08. The third-order valence-corrected chi connectivity index (χ3v) is 2.78. The minimum absolute atomic E-state index is 0.00676. The molecule has 94 valence electrons. The number of carbonyl (C=O) groups excluding carboxylic acids is 1. The van der Waals surface area contributed by atoms with Gasteiger partial charge in [0.25, 0.3) is 0 Å². The molecule has 0 aromatic heterocycles. The van der Waals surface area contributed by atoms with Crippen LogP contribution in [0.15, 0.2) is 28.7 Å². The highest BCUT2D eigenvalue weighted by Crippen LogP contribution is 2.23. The number of ether oxygens (including phenoxy) is 1. The molecule has 0 fully saturated rings. The molecule has 4 nitrogen and oxygen atoms in total. The van der Waals surface area contributed by atoms with Gasteiger partial charge in [-0.2, -0.15) is 0 Å². The number of nitrogens with one attached hydrogen (secondary N) is 2. The summed E-state index contributed by atoms with van der Waals surface area (Å²) in [5.74, 6) is 0.767. The lowest BCUT2D eigenvalue weighted by Gasteiger charge is -2.08. The van der Waals surface area contributed by atoms with Gasteiger partial charge in [0.1, 0.15) is 5.75 Å². The van der Waals surface area contributed by atoms with E-state index in [0.717, 1.165) is 16.8 Å². The van der Waals surface area contributed by atoms with E-state index in [9.17, 15) is 4.79 Å². The number of benzene rings is 1. The summed E-state index contributed by atoms with van der Waals surface area (Å²) in [6, 6.07) is 7.58. The molecule has 0 saturated heterocycles. The summed E-state index contributed by atoms with van der Waals surface area (Å²) < 4.78 is 6.39. The van der Waals surface area contributed by atoms with Crippen molar-refractivity contribution in [2.75, 3.05) is 26.7 Å². The predicted molar refractivity (Wildman–Crippen MR) is 71.2 cm³/mol. The fourth-order valence-electron chi connectivity index (χ4n) is 1.23.